The van der Waals surface area contributed by atoms with Crippen LogP contribution < -0.4 is 5.56 Å². The average Bonchev–Trinajstić information content (AvgIpc) is 3.18. The number of fused-ring (bicyclic) bond motifs is 2. The quantitative estimate of drug-likeness (QED) is 0.602. The molecule has 0 saturated carbocycles. The van der Waals surface area contributed by atoms with Crippen LogP contribution in [0.2, 0.25) is 0 Å². The highest BCUT2D eigenvalue weighted by Gasteiger charge is 2.25. The van der Waals surface area contributed by atoms with Gasteiger partial charge in [-0.15, -0.1) is 11.3 Å². The van der Waals surface area contributed by atoms with Gasteiger partial charge in [-0.25, -0.2) is 9.78 Å². The number of aryl methyl sites for hydroxylation is 2. The zero-order valence-corrected chi connectivity index (χ0v) is 17.9. The third kappa shape index (κ3) is 3.71. The number of esters is 1. The maximum absolute atomic E-state index is 13.0. The Morgan fingerprint density at radius 1 is 1.24 bits per heavy atom. The normalized spacial score (nSPS) is 14.6. The molecule has 0 atom stereocenters. The topological polar surface area (TPSA) is 100 Å². The second-order valence-electron chi connectivity index (χ2n) is 8.37. The smallest absolute Gasteiger partial charge is 0.349 e. The number of carbonyl (C=O) groups is 1. The minimum Gasteiger partial charge on any atom is -0.451 e. The van der Waals surface area contributed by atoms with Crippen LogP contribution in [0.15, 0.2) is 9.32 Å². The molecule has 0 bridgehead atoms. The summed E-state index contributed by atoms with van der Waals surface area (Å²) in [5, 5.41) is 4.44. The van der Waals surface area contributed by atoms with Crippen LogP contribution >= 0.6 is 11.3 Å². The van der Waals surface area contributed by atoms with Gasteiger partial charge >= 0.3 is 5.97 Å². The molecule has 9 heteroatoms. The first-order valence-electron chi connectivity index (χ1n) is 9.78. The molecule has 0 saturated heterocycles. The number of hydrogen-bond donors (Lipinski definition) is 0. The Bertz CT molecular complexity index is 1140. The molecule has 8 nitrogen and oxygen atoms in total. The van der Waals surface area contributed by atoms with Crippen LogP contribution in [0.3, 0.4) is 0 Å². The summed E-state index contributed by atoms with van der Waals surface area (Å²) in [6.45, 7) is 8.26. The maximum Gasteiger partial charge on any atom is 0.349 e. The van der Waals surface area contributed by atoms with Gasteiger partial charge in [-0.05, 0) is 25.3 Å². The van der Waals surface area contributed by atoms with E-state index in [1.165, 1.54) is 11.3 Å². The lowest BCUT2D eigenvalue weighted by Crippen LogP contribution is -2.24. The summed E-state index contributed by atoms with van der Waals surface area (Å²) in [7, 11) is 0. The summed E-state index contributed by atoms with van der Waals surface area (Å²) in [5.74, 6) is 1.09. The fourth-order valence-electron chi connectivity index (χ4n) is 3.42. The Morgan fingerprint density at radius 3 is 2.76 bits per heavy atom. The highest BCUT2D eigenvalue weighted by atomic mass is 32.1. The number of carbonyl (C=O) groups excluding carboxylic acids is 1. The van der Waals surface area contributed by atoms with Crippen molar-refractivity contribution in [1.82, 2.24) is 19.7 Å². The second kappa shape index (κ2) is 7.37. The lowest BCUT2D eigenvalue weighted by Gasteiger charge is -2.10. The fraction of sp³-hybridized carbons (Fsp3) is 0.550. The lowest BCUT2D eigenvalue weighted by atomic mass is 9.96. The van der Waals surface area contributed by atoms with Crippen molar-refractivity contribution < 1.29 is 14.1 Å². The molecule has 0 aromatic carbocycles. The second-order valence-corrected chi connectivity index (χ2v) is 9.37. The molecule has 0 amide bonds. The molecule has 0 fully saturated rings. The SMILES string of the molecule is Cc1c(C(=O)OCc2nc(C(C)(C)C)no2)sc2nc3n(c(=O)c12)CCCCC3. The molecular weight excluding hydrogens is 392 g/mol. The van der Waals surface area contributed by atoms with Gasteiger partial charge in [0.25, 0.3) is 11.4 Å². The summed E-state index contributed by atoms with van der Waals surface area (Å²) in [4.78, 5) is 35.6. The van der Waals surface area contributed by atoms with Gasteiger partial charge in [-0.3, -0.25) is 9.36 Å². The Labute approximate surface area is 171 Å². The van der Waals surface area contributed by atoms with Crippen LogP contribution in [0.5, 0.6) is 0 Å². The molecule has 0 aliphatic carbocycles. The zero-order valence-electron chi connectivity index (χ0n) is 17.1. The van der Waals surface area contributed by atoms with Gasteiger partial charge in [0.15, 0.2) is 12.4 Å². The Kier molecular flexibility index (Phi) is 5.02. The van der Waals surface area contributed by atoms with E-state index < -0.39 is 5.97 Å². The van der Waals surface area contributed by atoms with Crippen LogP contribution in [0.1, 0.15) is 72.8 Å². The van der Waals surface area contributed by atoms with Gasteiger partial charge in [0, 0.05) is 18.4 Å². The number of nitrogens with zero attached hydrogens (tertiary/aromatic N) is 4. The Hall–Kier alpha value is -2.55. The van der Waals surface area contributed by atoms with Crippen LogP contribution in [0, 0.1) is 6.92 Å². The van der Waals surface area contributed by atoms with Crippen LogP contribution in [0.25, 0.3) is 10.2 Å². The number of thiophene rings is 1. The van der Waals surface area contributed by atoms with Crippen LogP contribution in [0.4, 0.5) is 0 Å². The van der Waals surface area contributed by atoms with Crippen molar-refractivity contribution >= 4 is 27.5 Å². The average molecular weight is 417 g/mol. The standard InChI is InChI=1S/C20H24N4O4S/c1-11-14-16(21-12-8-6-5-7-9-24(12)17(14)25)29-15(11)18(26)27-10-13-22-19(23-28-13)20(2,3)4/h5-10H2,1-4H3. The highest BCUT2D eigenvalue weighted by Crippen LogP contribution is 2.29. The van der Waals surface area contributed by atoms with Crippen LogP contribution in [-0.4, -0.2) is 25.7 Å². The van der Waals surface area contributed by atoms with E-state index in [-0.39, 0.29) is 23.5 Å². The summed E-state index contributed by atoms with van der Waals surface area (Å²) < 4.78 is 12.3. The molecule has 154 valence electrons. The lowest BCUT2D eigenvalue weighted by molar-refractivity contribution is 0.0435. The first kappa shape index (κ1) is 19.8. The molecule has 3 aromatic rings. The summed E-state index contributed by atoms with van der Waals surface area (Å²) in [6, 6.07) is 0. The van der Waals surface area contributed by atoms with Gasteiger partial charge in [-0.1, -0.05) is 32.3 Å². The summed E-state index contributed by atoms with van der Waals surface area (Å²) in [5.41, 5.74) is 0.305. The maximum atomic E-state index is 13.0. The number of hydrogen-bond acceptors (Lipinski definition) is 8. The van der Waals surface area contributed by atoms with Crippen molar-refractivity contribution in [1.29, 1.82) is 0 Å². The number of ether oxygens (including phenoxy) is 1. The Morgan fingerprint density at radius 2 is 2.03 bits per heavy atom. The molecule has 4 heterocycles. The van der Waals surface area contributed by atoms with Crippen molar-refractivity contribution in [3.63, 3.8) is 0 Å². The molecule has 4 rings (SSSR count). The molecule has 1 aliphatic rings. The Balaban J connectivity index is 1.60. The third-order valence-corrected chi connectivity index (χ3v) is 6.23. The van der Waals surface area contributed by atoms with Crippen LogP contribution in [-0.2, 0) is 29.7 Å². The van der Waals surface area contributed by atoms with Crippen molar-refractivity contribution in [3.8, 4) is 0 Å². The van der Waals surface area contributed by atoms with E-state index in [0.717, 1.165) is 31.5 Å². The van der Waals surface area contributed by atoms with E-state index in [1.807, 2.05) is 20.8 Å². The molecule has 0 spiro atoms. The highest BCUT2D eigenvalue weighted by molar-refractivity contribution is 7.20. The predicted octanol–water partition coefficient (Wildman–Crippen LogP) is 3.53. The van der Waals surface area contributed by atoms with Crippen molar-refractivity contribution in [3.05, 3.63) is 38.3 Å². The molecule has 0 radical (unpaired) electrons. The van der Waals surface area contributed by atoms with E-state index in [0.29, 0.717) is 33.0 Å². The molecule has 0 N–H and O–H groups in total. The summed E-state index contributed by atoms with van der Waals surface area (Å²) >= 11 is 1.20. The largest absolute Gasteiger partial charge is 0.451 e. The molecule has 29 heavy (non-hydrogen) atoms. The first-order chi connectivity index (χ1) is 13.8. The first-order valence-corrected chi connectivity index (χ1v) is 10.6. The van der Waals surface area contributed by atoms with Crippen molar-refractivity contribution in [2.75, 3.05) is 0 Å². The minimum atomic E-state index is -0.513. The number of rotatable bonds is 3. The van der Waals surface area contributed by atoms with E-state index in [2.05, 4.69) is 15.1 Å². The molecule has 0 unspecified atom stereocenters. The predicted molar refractivity (Wildman–Crippen MR) is 108 cm³/mol. The van der Waals surface area contributed by atoms with Gasteiger partial charge in [-0.2, -0.15) is 4.98 Å². The van der Waals surface area contributed by atoms with E-state index in [9.17, 15) is 9.59 Å². The van der Waals surface area contributed by atoms with Crippen molar-refractivity contribution in [2.24, 2.45) is 0 Å². The zero-order chi connectivity index (χ0) is 20.8. The van der Waals surface area contributed by atoms with Gasteiger partial charge in [0.1, 0.15) is 15.5 Å². The monoisotopic (exact) mass is 416 g/mol. The van der Waals surface area contributed by atoms with Gasteiger partial charge in [0.05, 0.1) is 5.39 Å². The minimum absolute atomic E-state index is 0.0635. The van der Waals surface area contributed by atoms with E-state index in [1.54, 1.807) is 11.5 Å². The van der Waals surface area contributed by atoms with Crippen molar-refractivity contribution in [2.45, 2.75) is 71.9 Å². The number of aromatic nitrogens is 4. The van der Waals surface area contributed by atoms with E-state index in [4.69, 9.17) is 9.26 Å². The third-order valence-electron chi connectivity index (χ3n) is 5.06. The van der Waals surface area contributed by atoms with Gasteiger partial charge in [0.2, 0.25) is 0 Å². The molecule has 1 aliphatic heterocycles. The summed E-state index contributed by atoms with van der Waals surface area (Å²) in [6.07, 6.45) is 3.88. The molecular formula is C20H24N4O4S. The molecule has 3 aromatic heterocycles. The van der Waals surface area contributed by atoms with E-state index >= 15 is 0 Å². The fourth-order valence-corrected chi connectivity index (χ4v) is 4.50. The van der Waals surface area contributed by atoms with Gasteiger partial charge < -0.3 is 9.26 Å².